The van der Waals surface area contributed by atoms with E-state index in [9.17, 15) is 0 Å². The second-order valence-corrected chi connectivity index (χ2v) is 4.81. The maximum Gasteiger partial charge on any atom is 0.118 e. The first kappa shape index (κ1) is 14.4. The lowest BCUT2D eigenvalue weighted by molar-refractivity contribution is 0.299. The van der Waals surface area contributed by atoms with Gasteiger partial charge in [-0.1, -0.05) is 24.3 Å². The lowest BCUT2D eigenvalue weighted by Crippen LogP contribution is -2.06. The Morgan fingerprint density at radius 1 is 1.05 bits per heavy atom. The number of hydrogen-bond donors (Lipinski definition) is 2. The minimum atomic E-state index is 0.190. The third kappa shape index (κ3) is 3.75. The Balaban J connectivity index is 2.00. The van der Waals surface area contributed by atoms with Crippen LogP contribution in [-0.4, -0.2) is 18.8 Å². The van der Waals surface area contributed by atoms with E-state index in [0.29, 0.717) is 6.42 Å². The molecule has 0 aliphatic rings. The third-order valence-corrected chi connectivity index (χ3v) is 3.35. The molecule has 0 bridgehead atoms. The largest absolute Gasteiger partial charge is 0.497 e. The molecule has 0 spiro atoms. The number of rotatable bonds is 6. The minimum Gasteiger partial charge on any atom is -0.497 e. The summed E-state index contributed by atoms with van der Waals surface area (Å²) >= 11 is 0. The summed E-state index contributed by atoms with van der Waals surface area (Å²) in [6, 6.07) is 16.5. The third-order valence-electron chi connectivity index (χ3n) is 3.35. The highest BCUT2D eigenvalue weighted by Gasteiger charge is 2.05. The number of aliphatic hydroxyl groups excluding tert-OH is 1. The second kappa shape index (κ2) is 6.96. The van der Waals surface area contributed by atoms with E-state index in [4.69, 9.17) is 9.84 Å². The van der Waals surface area contributed by atoms with E-state index in [1.165, 1.54) is 5.56 Å². The number of ether oxygens (including phenoxy) is 1. The van der Waals surface area contributed by atoms with E-state index in [1.807, 2.05) is 36.4 Å². The molecule has 2 aromatic carbocycles. The molecule has 0 saturated carbocycles. The molecule has 0 saturated heterocycles. The van der Waals surface area contributed by atoms with Crippen LogP contribution >= 0.6 is 0 Å². The molecule has 0 aliphatic carbocycles. The van der Waals surface area contributed by atoms with Crippen molar-refractivity contribution in [2.24, 2.45) is 0 Å². The molecule has 2 rings (SSSR count). The normalized spacial score (nSPS) is 11.9. The van der Waals surface area contributed by atoms with Crippen molar-refractivity contribution in [2.75, 3.05) is 19.0 Å². The lowest BCUT2D eigenvalue weighted by atomic mass is 10.1. The van der Waals surface area contributed by atoms with E-state index in [0.717, 1.165) is 17.0 Å². The molecule has 0 amide bonds. The predicted molar refractivity (Wildman–Crippen MR) is 82.3 cm³/mol. The van der Waals surface area contributed by atoms with Gasteiger partial charge in [-0.15, -0.1) is 0 Å². The number of benzene rings is 2. The van der Waals surface area contributed by atoms with Crippen molar-refractivity contribution in [3.63, 3.8) is 0 Å². The molecular weight excluding hydrogens is 250 g/mol. The van der Waals surface area contributed by atoms with Crippen LogP contribution in [0, 0.1) is 0 Å². The maximum absolute atomic E-state index is 8.90. The van der Waals surface area contributed by atoms with Gasteiger partial charge in [0, 0.05) is 18.3 Å². The van der Waals surface area contributed by atoms with Crippen LogP contribution in [0.1, 0.15) is 24.1 Å². The summed E-state index contributed by atoms with van der Waals surface area (Å²) in [6.07, 6.45) is 0.703. The van der Waals surface area contributed by atoms with Crippen LogP contribution in [0.5, 0.6) is 5.75 Å². The number of nitrogens with one attached hydrogen (secondary N) is 1. The molecule has 0 fully saturated rings. The van der Waals surface area contributed by atoms with Crippen LogP contribution in [0.25, 0.3) is 0 Å². The van der Waals surface area contributed by atoms with Gasteiger partial charge in [0.15, 0.2) is 0 Å². The summed E-state index contributed by atoms with van der Waals surface area (Å²) in [5.74, 6) is 0.870. The zero-order valence-corrected chi connectivity index (χ0v) is 12.0. The van der Waals surface area contributed by atoms with Gasteiger partial charge >= 0.3 is 0 Å². The first-order valence-electron chi connectivity index (χ1n) is 6.83. The highest BCUT2D eigenvalue weighted by Crippen LogP contribution is 2.21. The molecular formula is C17H21NO2. The molecule has 1 unspecified atom stereocenters. The van der Waals surface area contributed by atoms with Crippen LogP contribution in [0.15, 0.2) is 48.5 Å². The monoisotopic (exact) mass is 271 g/mol. The van der Waals surface area contributed by atoms with Crippen LogP contribution < -0.4 is 10.1 Å². The minimum absolute atomic E-state index is 0.190. The standard InChI is InChI=1S/C17H21NO2/c1-13(15-5-9-17(20-2)10-6-15)18-16-7-3-14(4-8-16)11-12-19/h3-10,13,18-19H,11-12H2,1-2H3. The van der Waals surface area contributed by atoms with Gasteiger partial charge in [0.25, 0.3) is 0 Å². The van der Waals surface area contributed by atoms with Gasteiger partial charge < -0.3 is 15.2 Å². The van der Waals surface area contributed by atoms with Gasteiger partial charge in [-0.2, -0.15) is 0 Å². The molecule has 3 nitrogen and oxygen atoms in total. The second-order valence-electron chi connectivity index (χ2n) is 4.81. The quantitative estimate of drug-likeness (QED) is 0.846. The number of aliphatic hydroxyl groups is 1. The highest BCUT2D eigenvalue weighted by atomic mass is 16.5. The molecule has 106 valence electrons. The summed E-state index contributed by atoms with van der Waals surface area (Å²) in [7, 11) is 1.67. The van der Waals surface area contributed by atoms with Gasteiger partial charge in [-0.05, 0) is 48.7 Å². The summed E-state index contributed by atoms with van der Waals surface area (Å²) in [6.45, 7) is 2.32. The van der Waals surface area contributed by atoms with Crippen LogP contribution in [0.2, 0.25) is 0 Å². The van der Waals surface area contributed by atoms with Crippen LogP contribution in [-0.2, 0) is 6.42 Å². The average Bonchev–Trinajstić information content (AvgIpc) is 2.49. The van der Waals surface area contributed by atoms with Crippen molar-refractivity contribution < 1.29 is 9.84 Å². The number of anilines is 1. The SMILES string of the molecule is COc1ccc(C(C)Nc2ccc(CCO)cc2)cc1. The van der Waals surface area contributed by atoms with Gasteiger partial charge in [0.2, 0.25) is 0 Å². The lowest BCUT2D eigenvalue weighted by Gasteiger charge is -2.16. The highest BCUT2D eigenvalue weighted by molar-refractivity contribution is 5.47. The Bertz CT molecular complexity index is 520. The van der Waals surface area contributed by atoms with E-state index in [2.05, 4.69) is 24.4 Å². The maximum atomic E-state index is 8.90. The Labute approximate surface area is 120 Å². The van der Waals surface area contributed by atoms with Gasteiger partial charge in [0.05, 0.1) is 7.11 Å². The first-order chi connectivity index (χ1) is 9.72. The van der Waals surface area contributed by atoms with Crippen LogP contribution in [0.3, 0.4) is 0 Å². The van der Waals surface area contributed by atoms with Crippen molar-refractivity contribution in [3.8, 4) is 5.75 Å². The van der Waals surface area contributed by atoms with E-state index < -0.39 is 0 Å². The smallest absolute Gasteiger partial charge is 0.118 e. The zero-order valence-electron chi connectivity index (χ0n) is 12.0. The topological polar surface area (TPSA) is 41.5 Å². The van der Waals surface area contributed by atoms with Crippen molar-refractivity contribution in [3.05, 3.63) is 59.7 Å². The molecule has 3 heteroatoms. The fraction of sp³-hybridized carbons (Fsp3) is 0.294. The number of hydrogen-bond acceptors (Lipinski definition) is 3. The molecule has 0 aliphatic heterocycles. The molecule has 0 radical (unpaired) electrons. The number of methoxy groups -OCH3 is 1. The fourth-order valence-corrected chi connectivity index (χ4v) is 2.12. The predicted octanol–water partition coefficient (Wildman–Crippen LogP) is 3.40. The molecule has 20 heavy (non-hydrogen) atoms. The first-order valence-corrected chi connectivity index (χ1v) is 6.83. The van der Waals surface area contributed by atoms with Crippen molar-refractivity contribution in [1.82, 2.24) is 0 Å². The summed E-state index contributed by atoms with van der Waals surface area (Å²) in [5, 5.41) is 12.4. The summed E-state index contributed by atoms with van der Waals surface area (Å²) < 4.78 is 5.16. The molecule has 0 aromatic heterocycles. The Hall–Kier alpha value is -2.00. The Morgan fingerprint density at radius 3 is 2.25 bits per heavy atom. The van der Waals surface area contributed by atoms with Crippen molar-refractivity contribution >= 4 is 5.69 Å². The van der Waals surface area contributed by atoms with Gasteiger partial charge in [0.1, 0.15) is 5.75 Å². The van der Waals surface area contributed by atoms with Gasteiger partial charge in [-0.25, -0.2) is 0 Å². The van der Waals surface area contributed by atoms with E-state index >= 15 is 0 Å². The van der Waals surface area contributed by atoms with Gasteiger partial charge in [-0.3, -0.25) is 0 Å². The zero-order chi connectivity index (χ0) is 14.4. The molecule has 0 heterocycles. The average molecular weight is 271 g/mol. The van der Waals surface area contributed by atoms with Crippen molar-refractivity contribution in [1.29, 1.82) is 0 Å². The van der Waals surface area contributed by atoms with Crippen molar-refractivity contribution in [2.45, 2.75) is 19.4 Å². The molecule has 1 atom stereocenters. The van der Waals surface area contributed by atoms with Crippen LogP contribution in [0.4, 0.5) is 5.69 Å². The molecule has 2 aromatic rings. The fourth-order valence-electron chi connectivity index (χ4n) is 2.12. The Morgan fingerprint density at radius 2 is 1.70 bits per heavy atom. The summed E-state index contributed by atoms with van der Waals surface area (Å²) in [5.41, 5.74) is 3.44. The van der Waals surface area contributed by atoms with E-state index in [-0.39, 0.29) is 12.6 Å². The van der Waals surface area contributed by atoms with E-state index in [1.54, 1.807) is 7.11 Å². The summed E-state index contributed by atoms with van der Waals surface area (Å²) in [4.78, 5) is 0. The molecule has 2 N–H and O–H groups in total. The Kier molecular flexibility index (Phi) is 5.02.